The van der Waals surface area contributed by atoms with Crippen LogP contribution in [0.15, 0.2) is 30.5 Å². The van der Waals surface area contributed by atoms with Gasteiger partial charge in [-0.05, 0) is 43.2 Å². The van der Waals surface area contributed by atoms with Crippen LogP contribution in [0.5, 0.6) is 0 Å². The highest BCUT2D eigenvalue weighted by molar-refractivity contribution is 7.15. The van der Waals surface area contributed by atoms with E-state index in [-0.39, 0.29) is 11.9 Å². The van der Waals surface area contributed by atoms with Gasteiger partial charge in [-0.2, -0.15) is 5.21 Å². The number of aryl methyl sites for hydroxylation is 1. The van der Waals surface area contributed by atoms with Crippen molar-refractivity contribution >= 4 is 35.0 Å². The third-order valence-electron chi connectivity index (χ3n) is 4.25. The van der Waals surface area contributed by atoms with E-state index in [0.717, 1.165) is 15.4 Å². The van der Waals surface area contributed by atoms with Crippen molar-refractivity contribution in [1.29, 1.82) is 0 Å². The lowest BCUT2D eigenvalue weighted by atomic mass is 9.88. The number of anilines is 2. The Morgan fingerprint density at radius 2 is 1.97 bits per heavy atom. The number of methoxy groups -OCH3 is 1. The van der Waals surface area contributed by atoms with Crippen molar-refractivity contribution in [2.45, 2.75) is 26.7 Å². The number of H-pyrrole nitrogens is 1. The Balaban J connectivity index is 1.57. The number of thiazole rings is 1. The van der Waals surface area contributed by atoms with Crippen LogP contribution in [-0.4, -0.2) is 44.7 Å². The molecular weight excluding hydrogens is 394 g/mol. The number of tetrazole rings is 1. The molecule has 3 N–H and O–H groups in total. The van der Waals surface area contributed by atoms with Crippen molar-refractivity contribution < 1.29 is 14.3 Å². The van der Waals surface area contributed by atoms with Gasteiger partial charge < -0.3 is 10.1 Å². The van der Waals surface area contributed by atoms with Gasteiger partial charge in [-0.3, -0.25) is 10.1 Å². The molecule has 2 aromatic heterocycles. The van der Waals surface area contributed by atoms with Crippen LogP contribution in [-0.2, 0) is 16.0 Å². The number of carbonyl (C=O) groups is 2. The fourth-order valence-electron chi connectivity index (χ4n) is 2.55. The van der Waals surface area contributed by atoms with Gasteiger partial charge in [0.25, 0.3) is 5.95 Å². The van der Waals surface area contributed by atoms with Crippen molar-refractivity contribution in [3.05, 3.63) is 35.5 Å². The first-order valence-corrected chi connectivity index (χ1v) is 9.64. The lowest BCUT2D eigenvalue weighted by Crippen LogP contribution is -2.26. The summed E-state index contributed by atoms with van der Waals surface area (Å²) in [5, 5.41) is 19.0. The molecule has 0 aliphatic heterocycles. The zero-order valence-corrected chi connectivity index (χ0v) is 17.0. The molecule has 3 aromatic rings. The van der Waals surface area contributed by atoms with Crippen LogP contribution in [0.3, 0.4) is 0 Å². The molecule has 0 radical (unpaired) electrons. The summed E-state index contributed by atoms with van der Waals surface area (Å²) in [6.45, 7) is 3.74. The maximum Gasteiger partial charge on any atom is 0.326 e. The average molecular weight is 415 g/mol. The topological polar surface area (TPSA) is 135 Å². The number of aromatic nitrogens is 5. The monoisotopic (exact) mass is 415 g/mol. The average Bonchev–Trinajstić information content (AvgIpc) is 3.38. The zero-order chi connectivity index (χ0) is 20.9. The first-order chi connectivity index (χ1) is 13.9. The molecule has 0 aliphatic rings. The lowest BCUT2D eigenvalue weighted by molar-refractivity contribution is -0.151. The number of hydrogen-bond acceptors (Lipinski definition) is 8. The number of hydrogen-bond donors (Lipinski definition) is 3. The number of amides is 2. The fraction of sp³-hybridized carbons (Fsp3) is 0.333. The standard InChI is InChI=1S/C18H21N7O3S/c1-18(2,15(26)28-3)9-8-14-19-10-13(29-14)11-4-6-12(7-5-11)20-17(27)21-16-22-24-25-23-16/h4-7,10H,8-9H2,1-3H3,(H3,20,21,22,23,24,25,27). The largest absolute Gasteiger partial charge is 0.469 e. The van der Waals surface area contributed by atoms with Gasteiger partial charge in [0.15, 0.2) is 0 Å². The Hall–Kier alpha value is -3.34. The van der Waals surface area contributed by atoms with Gasteiger partial charge in [0.2, 0.25) is 0 Å². The number of rotatable bonds is 7. The summed E-state index contributed by atoms with van der Waals surface area (Å²) in [7, 11) is 1.40. The lowest BCUT2D eigenvalue weighted by Gasteiger charge is -2.20. The minimum absolute atomic E-state index is 0.0895. The molecule has 0 saturated heterocycles. The first kappa shape index (κ1) is 20.4. The second-order valence-corrected chi connectivity index (χ2v) is 8.00. The van der Waals surface area contributed by atoms with E-state index in [4.69, 9.17) is 4.74 Å². The number of nitrogens with zero attached hydrogens (tertiary/aromatic N) is 4. The number of esters is 1. The molecule has 29 heavy (non-hydrogen) atoms. The second kappa shape index (κ2) is 8.78. The molecule has 0 aliphatic carbocycles. The van der Waals surface area contributed by atoms with E-state index in [9.17, 15) is 9.59 Å². The molecule has 0 fully saturated rings. The van der Waals surface area contributed by atoms with Gasteiger partial charge in [0.1, 0.15) is 0 Å². The molecule has 10 nitrogen and oxygen atoms in total. The van der Waals surface area contributed by atoms with Crippen molar-refractivity contribution in [3.8, 4) is 10.4 Å². The van der Waals surface area contributed by atoms with Gasteiger partial charge in [0, 0.05) is 18.3 Å². The Morgan fingerprint density at radius 1 is 1.21 bits per heavy atom. The zero-order valence-electron chi connectivity index (χ0n) is 16.2. The summed E-state index contributed by atoms with van der Waals surface area (Å²) in [5.41, 5.74) is 1.07. The molecule has 11 heteroatoms. The molecule has 2 heterocycles. The molecule has 0 atom stereocenters. The predicted molar refractivity (Wildman–Crippen MR) is 108 cm³/mol. The van der Waals surface area contributed by atoms with Gasteiger partial charge in [-0.15, -0.1) is 16.4 Å². The maximum absolute atomic E-state index is 11.9. The number of aromatic amines is 1. The van der Waals surface area contributed by atoms with E-state index < -0.39 is 11.4 Å². The van der Waals surface area contributed by atoms with Crippen LogP contribution in [0, 0.1) is 5.41 Å². The summed E-state index contributed by atoms with van der Waals surface area (Å²) in [6.07, 6.45) is 3.17. The molecule has 2 amide bonds. The quantitative estimate of drug-likeness (QED) is 0.505. The maximum atomic E-state index is 11.9. The molecule has 0 bridgehead atoms. The molecule has 1 aromatic carbocycles. The van der Waals surface area contributed by atoms with Crippen LogP contribution < -0.4 is 10.6 Å². The van der Waals surface area contributed by atoms with E-state index in [1.54, 1.807) is 23.5 Å². The number of carbonyl (C=O) groups excluding carboxylic acids is 2. The Bertz CT molecular complexity index is 968. The van der Waals surface area contributed by atoms with E-state index in [2.05, 4.69) is 36.2 Å². The molecule has 0 saturated carbocycles. The Kier molecular flexibility index (Phi) is 6.17. The minimum Gasteiger partial charge on any atom is -0.469 e. The normalized spacial score (nSPS) is 11.1. The van der Waals surface area contributed by atoms with Crippen LogP contribution in [0.25, 0.3) is 10.4 Å². The van der Waals surface area contributed by atoms with Gasteiger partial charge in [-0.25, -0.2) is 9.78 Å². The molecule has 3 rings (SSSR count). The van der Waals surface area contributed by atoms with Gasteiger partial charge in [0.05, 0.1) is 22.4 Å². The predicted octanol–water partition coefficient (Wildman–Crippen LogP) is 3.10. The number of ether oxygens (including phenoxy) is 1. The van der Waals surface area contributed by atoms with Crippen molar-refractivity contribution in [1.82, 2.24) is 25.6 Å². The highest BCUT2D eigenvalue weighted by Crippen LogP contribution is 2.30. The summed E-state index contributed by atoms with van der Waals surface area (Å²) in [6, 6.07) is 6.93. The number of benzene rings is 1. The molecule has 152 valence electrons. The van der Waals surface area contributed by atoms with Gasteiger partial charge in [-0.1, -0.05) is 17.2 Å². The van der Waals surface area contributed by atoms with E-state index >= 15 is 0 Å². The highest BCUT2D eigenvalue weighted by Gasteiger charge is 2.28. The van der Waals surface area contributed by atoms with Crippen molar-refractivity contribution in [2.24, 2.45) is 5.41 Å². The Morgan fingerprint density at radius 3 is 2.62 bits per heavy atom. The summed E-state index contributed by atoms with van der Waals surface area (Å²) < 4.78 is 4.84. The van der Waals surface area contributed by atoms with E-state index in [1.807, 2.05) is 32.2 Å². The van der Waals surface area contributed by atoms with Crippen LogP contribution in [0.4, 0.5) is 16.4 Å². The first-order valence-electron chi connectivity index (χ1n) is 8.82. The smallest absolute Gasteiger partial charge is 0.326 e. The third-order valence-corrected chi connectivity index (χ3v) is 5.36. The third kappa shape index (κ3) is 5.35. The van der Waals surface area contributed by atoms with E-state index in [1.165, 1.54) is 7.11 Å². The summed E-state index contributed by atoms with van der Waals surface area (Å²) in [5.74, 6) is -0.132. The van der Waals surface area contributed by atoms with Crippen molar-refractivity contribution in [2.75, 3.05) is 17.7 Å². The van der Waals surface area contributed by atoms with Crippen LogP contribution >= 0.6 is 11.3 Å². The van der Waals surface area contributed by atoms with Crippen molar-refractivity contribution in [3.63, 3.8) is 0 Å². The summed E-state index contributed by atoms with van der Waals surface area (Å²) >= 11 is 1.58. The van der Waals surface area contributed by atoms with Crippen LogP contribution in [0.1, 0.15) is 25.3 Å². The number of urea groups is 1. The van der Waals surface area contributed by atoms with Crippen LogP contribution in [0.2, 0.25) is 0 Å². The minimum atomic E-state index is -0.546. The Labute approximate surface area is 171 Å². The molecule has 0 spiro atoms. The second-order valence-electron chi connectivity index (χ2n) is 6.89. The van der Waals surface area contributed by atoms with E-state index in [0.29, 0.717) is 18.5 Å². The van der Waals surface area contributed by atoms with Gasteiger partial charge >= 0.3 is 12.0 Å². The molecule has 0 unspecified atom stereocenters. The molecular formula is C18H21N7O3S. The SMILES string of the molecule is COC(=O)C(C)(C)CCc1ncc(-c2ccc(NC(=O)Nc3nn[nH]n3)cc2)s1. The fourth-order valence-corrected chi connectivity index (χ4v) is 3.48. The number of nitrogens with one attached hydrogen (secondary N) is 3. The summed E-state index contributed by atoms with van der Waals surface area (Å²) in [4.78, 5) is 29.1. The highest BCUT2D eigenvalue weighted by atomic mass is 32.1.